The molecule has 28 heavy (non-hydrogen) atoms. The highest BCUT2D eigenvalue weighted by Gasteiger charge is 2.27. The number of fused-ring (bicyclic) bond motifs is 2. The van der Waals surface area contributed by atoms with Crippen LogP contribution < -0.4 is 5.32 Å². The van der Waals surface area contributed by atoms with Crippen molar-refractivity contribution in [2.45, 2.75) is 20.8 Å². The molecule has 0 atom stereocenters. The summed E-state index contributed by atoms with van der Waals surface area (Å²) in [5.74, 6) is -2.37. The number of hydrogen-bond acceptors (Lipinski definition) is 5. The van der Waals surface area contributed by atoms with Gasteiger partial charge in [0, 0.05) is 5.39 Å². The maximum Gasteiger partial charge on any atom is 0.340 e. The first-order valence-electron chi connectivity index (χ1n) is 8.48. The van der Waals surface area contributed by atoms with Crippen LogP contribution in [-0.2, 0) is 4.79 Å². The molecule has 1 aliphatic heterocycles. The van der Waals surface area contributed by atoms with Gasteiger partial charge in [-0.05, 0) is 45.0 Å². The number of amides is 1. The maximum atomic E-state index is 11.1. The van der Waals surface area contributed by atoms with E-state index in [2.05, 4.69) is 10.3 Å². The number of anilines is 1. The zero-order chi connectivity index (χ0) is 20.6. The van der Waals surface area contributed by atoms with Crippen LogP contribution in [0.3, 0.4) is 0 Å². The monoisotopic (exact) mass is 378 g/mol. The van der Waals surface area contributed by atoms with E-state index >= 15 is 0 Å². The van der Waals surface area contributed by atoms with E-state index < -0.39 is 17.7 Å². The predicted octanol–water partition coefficient (Wildman–Crippen LogP) is 3.39. The number of aromatic carboxylic acids is 1. The van der Waals surface area contributed by atoms with Crippen LogP contribution in [0.4, 0.5) is 5.69 Å². The van der Waals surface area contributed by atoms with Crippen LogP contribution in [0.15, 0.2) is 36.4 Å². The minimum absolute atomic E-state index is 0.0776. The van der Waals surface area contributed by atoms with Crippen molar-refractivity contribution in [3.05, 3.63) is 64.3 Å². The number of aromatic hydroxyl groups is 1. The number of carbonyl (C=O) groups is 3. The molecule has 0 unspecified atom stereocenters. The first kappa shape index (κ1) is 19.0. The van der Waals surface area contributed by atoms with Gasteiger partial charge in [0.05, 0.1) is 22.5 Å². The number of ketones is 1. The Labute approximate surface area is 160 Å². The lowest BCUT2D eigenvalue weighted by molar-refractivity contribution is -0.112. The summed E-state index contributed by atoms with van der Waals surface area (Å²) in [5, 5.41) is 21.8. The van der Waals surface area contributed by atoms with Crippen molar-refractivity contribution in [3.8, 4) is 5.75 Å². The molecule has 1 aromatic heterocycles. The number of nitrogens with one attached hydrogen (secondary N) is 1. The lowest BCUT2D eigenvalue weighted by Gasteiger charge is -2.08. The number of nitrogens with zero attached hydrogens (tertiary/aromatic N) is 1. The Balaban J connectivity index is 0.000000167. The number of pyridine rings is 1. The van der Waals surface area contributed by atoms with Crippen LogP contribution in [-0.4, -0.2) is 32.9 Å². The number of carboxylic acid groups (broad SMARTS) is 1. The molecular weight excluding hydrogens is 360 g/mol. The molecule has 2 aromatic carbocycles. The van der Waals surface area contributed by atoms with E-state index in [4.69, 9.17) is 5.11 Å². The molecule has 0 aliphatic carbocycles. The van der Waals surface area contributed by atoms with Crippen molar-refractivity contribution in [2.24, 2.45) is 0 Å². The average Bonchev–Trinajstić information content (AvgIpc) is 2.91. The SMILES string of the molecule is Cc1ccc2c(c1)C(=O)C(=O)N2.Cc1ccc2nc(C)c(O)c(C(=O)O)c2c1. The number of Topliss-reactive ketones (excluding diaryl/α,β-unsaturated/α-hetero) is 1. The molecule has 7 heteroatoms. The molecule has 142 valence electrons. The van der Waals surface area contributed by atoms with Gasteiger partial charge < -0.3 is 15.5 Å². The molecule has 1 amide bonds. The molecule has 2 heterocycles. The average molecular weight is 378 g/mol. The Morgan fingerprint density at radius 3 is 2.32 bits per heavy atom. The fourth-order valence-corrected chi connectivity index (χ4v) is 2.96. The lowest BCUT2D eigenvalue weighted by Crippen LogP contribution is -2.12. The fourth-order valence-electron chi connectivity index (χ4n) is 2.96. The van der Waals surface area contributed by atoms with E-state index in [0.29, 0.717) is 27.8 Å². The third-order valence-electron chi connectivity index (χ3n) is 4.38. The molecule has 0 fully saturated rings. The summed E-state index contributed by atoms with van der Waals surface area (Å²) in [5.41, 5.74) is 3.85. The van der Waals surface area contributed by atoms with Gasteiger partial charge in [0.15, 0.2) is 5.75 Å². The quantitative estimate of drug-likeness (QED) is 0.559. The molecule has 3 aromatic rings. The number of carboxylic acids is 1. The normalized spacial score (nSPS) is 12.2. The maximum absolute atomic E-state index is 11.1. The predicted molar refractivity (Wildman–Crippen MR) is 104 cm³/mol. The van der Waals surface area contributed by atoms with E-state index in [-0.39, 0.29) is 11.3 Å². The van der Waals surface area contributed by atoms with Crippen LogP contribution in [0.2, 0.25) is 0 Å². The molecule has 0 radical (unpaired) electrons. The molecule has 3 N–H and O–H groups in total. The summed E-state index contributed by atoms with van der Waals surface area (Å²) in [4.78, 5) is 37.3. The largest absolute Gasteiger partial charge is 0.505 e. The van der Waals surface area contributed by atoms with Gasteiger partial charge in [0.2, 0.25) is 0 Å². The molecule has 0 saturated heterocycles. The minimum atomic E-state index is -1.14. The molecule has 0 spiro atoms. The highest BCUT2D eigenvalue weighted by molar-refractivity contribution is 6.51. The van der Waals surface area contributed by atoms with Crippen LogP contribution in [0, 0.1) is 20.8 Å². The Morgan fingerprint density at radius 2 is 1.64 bits per heavy atom. The Morgan fingerprint density at radius 1 is 1.00 bits per heavy atom. The summed E-state index contributed by atoms with van der Waals surface area (Å²) in [6, 6.07) is 10.6. The number of hydrogen-bond donors (Lipinski definition) is 3. The summed E-state index contributed by atoms with van der Waals surface area (Å²) in [6.45, 7) is 5.33. The van der Waals surface area contributed by atoms with Crippen LogP contribution >= 0.6 is 0 Å². The number of benzene rings is 2. The summed E-state index contributed by atoms with van der Waals surface area (Å²) >= 11 is 0. The highest BCUT2D eigenvalue weighted by Crippen LogP contribution is 2.29. The van der Waals surface area contributed by atoms with E-state index in [1.807, 2.05) is 26.0 Å². The van der Waals surface area contributed by atoms with E-state index in [0.717, 1.165) is 11.1 Å². The molecule has 0 bridgehead atoms. The number of aromatic nitrogens is 1. The first-order chi connectivity index (χ1) is 13.2. The number of aryl methyl sites for hydroxylation is 3. The smallest absolute Gasteiger partial charge is 0.340 e. The third kappa shape index (κ3) is 3.42. The second-order valence-electron chi connectivity index (χ2n) is 6.58. The molecule has 4 rings (SSSR count). The Hall–Kier alpha value is -3.74. The summed E-state index contributed by atoms with van der Waals surface area (Å²) < 4.78 is 0. The van der Waals surface area contributed by atoms with Gasteiger partial charge in [0.25, 0.3) is 11.7 Å². The van der Waals surface area contributed by atoms with Crippen molar-refractivity contribution in [3.63, 3.8) is 0 Å². The van der Waals surface area contributed by atoms with Crippen molar-refractivity contribution in [2.75, 3.05) is 5.32 Å². The van der Waals surface area contributed by atoms with Crippen LogP contribution in [0.5, 0.6) is 5.75 Å². The Kier molecular flexibility index (Phi) is 4.83. The van der Waals surface area contributed by atoms with Crippen LogP contribution in [0.1, 0.15) is 37.5 Å². The van der Waals surface area contributed by atoms with Gasteiger partial charge in [-0.3, -0.25) is 9.59 Å². The second kappa shape index (κ2) is 7.11. The summed E-state index contributed by atoms with van der Waals surface area (Å²) in [7, 11) is 0. The third-order valence-corrected chi connectivity index (χ3v) is 4.38. The first-order valence-corrected chi connectivity index (χ1v) is 8.48. The van der Waals surface area contributed by atoms with Crippen LogP contribution in [0.25, 0.3) is 10.9 Å². The van der Waals surface area contributed by atoms with E-state index in [1.54, 1.807) is 31.2 Å². The number of carbonyl (C=O) groups excluding carboxylic acids is 2. The van der Waals surface area contributed by atoms with Gasteiger partial charge in [-0.2, -0.15) is 0 Å². The van der Waals surface area contributed by atoms with Gasteiger partial charge in [-0.1, -0.05) is 23.3 Å². The van der Waals surface area contributed by atoms with Crippen molar-refractivity contribution >= 4 is 34.3 Å². The van der Waals surface area contributed by atoms with Gasteiger partial charge >= 0.3 is 5.97 Å². The molecular formula is C21H18N2O5. The van der Waals surface area contributed by atoms with E-state index in [9.17, 15) is 19.5 Å². The number of rotatable bonds is 1. The Bertz CT molecular complexity index is 1150. The molecule has 7 nitrogen and oxygen atoms in total. The van der Waals surface area contributed by atoms with E-state index in [1.165, 1.54) is 0 Å². The zero-order valence-electron chi connectivity index (χ0n) is 15.5. The fraction of sp³-hybridized carbons (Fsp3) is 0.143. The lowest BCUT2D eigenvalue weighted by atomic mass is 10.0. The van der Waals surface area contributed by atoms with Gasteiger partial charge in [0.1, 0.15) is 5.56 Å². The molecule has 1 aliphatic rings. The standard InChI is InChI=1S/C12H11NO3.C9H7NO2/c1-6-3-4-9-8(5-6)10(12(15)16)11(14)7(2)13-9;1-5-2-3-7-6(4-5)8(11)9(12)10-7/h3-5,14H,1-2H3,(H,15,16);2-4H,1H3,(H,10,11,12). The van der Waals surface area contributed by atoms with Crippen molar-refractivity contribution < 1.29 is 24.6 Å². The zero-order valence-corrected chi connectivity index (χ0v) is 15.5. The highest BCUT2D eigenvalue weighted by atomic mass is 16.4. The molecule has 0 saturated carbocycles. The summed E-state index contributed by atoms with van der Waals surface area (Å²) in [6.07, 6.45) is 0. The van der Waals surface area contributed by atoms with Gasteiger partial charge in [-0.15, -0.1) is 0 Å². The topological polar surface area (TPSA) is 117 Å². The minimum Gasteiger partial charge on any atom is -0.505 e. The van der Waals surface area contributed by atoms with Gasteiger partial charge in [-0.25, -0.2) is 9.78 Å². The van der Waals surface area contributed by atoms with Crippen molar-refractivity contribution in [1.29, 1.82) is 0 Å². The van der Waals surface area contributed by atoms with Crippen molar-refractivity contribution in [1.82, 2.24) is 4.98 Å². The second-order valence-corrected chi connectivity index (χ2v) is 6.58.